The van der Waals surface area contributed by atoms with E-state index in [0.717, 1.165) is 12.1 Å². The summed E-state index contributed by atoms with van der Waals surface area (Å²) < 4.78 is 66.0. The molecule has 0 saturated heterocycles. The van der Waals surface area contributed by atoms with Crippen LogP contribution in [-0.4, -0.2) is 29.6 Å². The Hall–Kier alpha value is -3.18. The smallest absolute Gasteiger partial charge is 0.416 e. The largest absolute Gasteiger partial charge is 0.755 e. The van der Waals surface area contributed by atoms with E-state index in [9.17, 15) is 26.7 Å². The van der Waals surface area contributed by atoms with Crippen LogP contribution in [0.25, 0.3) is 11.1 Å². The van der Waals surface area contributed by atoms with Gasteiger partial charge in [0.25, 0.3) is 0 Å². The van der Waals surface area contributed by atoms with E-state index in [4.69, 9.17) is 5.11 Å². The minimum atomic E-state index is -4.46. The zero-order chi connectivity index (χ0) is 23.8. The molecule has 1 aliphatic carbocycles. The fraction of sp³-hybridized carbons (Fsp3) is 0.273. The third-order valence-electron chi connectivity index (χ3n) is 5.60. The van der Waals surface area contributed by atoms with E-state index in [1.807, 2.05) is 0 Å². The molecule has 2 aromatic carbocycles. The lowest BCUT2D eigenvalue weighted by Gasteiger charge is -2.37. The van der Waals surface area contributed by atoms with Crippen molar-refractivity contribution in [3.05, 3.63) is 71.5 Å². The Morgan fingerprint density at radius 3 is 2.58 bits per heavy atom. The number of hydrogen-bond acceptors (Lipinski definition) is 4. The molecule has 1 aromatic heterocycles. The molecular weight excluding hydrogens is 459 g/mol. The molecule has 0 spiro atoms. The predicted octanol–water partition coefficient (Wildman–Crippen LogP) is 4.33. The van der Waals surface area contributed by atoms with Gasteiger partial charge in [-0.15, -0.1) is 0 Å². The number of halogens is 3. The fourth-order valence-corrected chi connectivity index (χ4v) is 4.87. The second kappa shape index (κ2) is 8.99. The summed E-state index contributed by atoms with van der Waals surface area (Å²) in [7, 11) is 0. The van der Waals surface area contributed by atoms with Crippen LogP contribution in [0.1, 0.15) is 35.7 Å². The minimum absolute atomic E-state index is 0.311. The van der Waals surface area contributed by atoms with E-state index < -0.39 is 35.0 Å². The second-order valence-corrected chi connectivity index (χ2v) is 8.50. The van der Waals surface area contributed by atoms with Crippen molar-refractivity contribution >= 4 is 22.9 Å². The number of carboxylic acids is 1. The van der Waals surface area contributed by atoms with Gasteiger partial charge in [-0.05, 0) is 54.7 Å². The Labute approximate surface area is 189 Å². The van der Waals surface area contributed by atoms with Crippen LogP contribution in [0.2, 0.25) is 0 Å². The monoisotopic (exact) mass is 478 g/mol. The van der Waals surface area contributed by atoms with Crippen LogP contribution in [0.5, 0.6) is 0 Å². The van der Waals surface area contributed by atoms with Gasteiger partial charge in [0.1, 0.15) is 6.54 Å². The molecule has 33 heavy (non-hydrogen) atoms. The second-order valence-electron chi connectivity index (χ2n) is 7.67. The highest BCUT2D eigenvalue weighted by Crippen LogP contribution is 2.39. The summed E-state index contributed by atoms with van der Waals surface area (Å²) in [6, 6.07) is 10.6. The van der Waals surface area contributed by atoms with Gasteiger partial charge in [-0.3, -0.25) is 18.0 Å². The Bertz CT molecular complexity index is 1190. The van der Waals surface area contributed by atoms with Gasteiger partial charge in [-0.1, -0.05) is 24.3 Å². The maximum absolute atomic E-state index is 13.0. The Kier molecular flexibility index (Phi) is 6.26. The highest BCUT2D eigenvalue weighted by molar-refractivity contribution is 7.80. The van der Waals surface area contributed by atoms with Gasteiger partial charge in [0.15, 0.2) is 0 Å². The molecule has 2 atom stereocenters. The van der Waals surface area contributed by atoms with Crippen molar-refractivity contribution in [2.45, 2.75) is 38.0 Å². The molecule has 174 valence electrons. The van der Waals surface area contributed by atoms with E-state index >= 15 is 0 Å². The molecule has 3 aromatic rings. The number of aliphatic carboxylic acids is 1. The van der Waals surface area contributed by atoms with Crippen molar-refractivity contribution in [2.75, 3.05) is 4.31 Å². The van der Waals surface area contributed by atoms with Gasteiger partial charge in [-0.2, -0.15) is 18.3 Å². The van der Waals surface area contributed by atoms with Crippen molar-refractivity contribution in [2.24, 2.45) is 0 Å². The maximum Gasteiger partial charge on any atom is 0.416 e. The first-order valence-electron chi connectivity index (χ1n) is 10.1. The molecule has 0 amide bonds. The average Bonchev–Trinajstić information content (AvgIpc) is 3.17. The third kappa shape index (κ3) is 4.79. The Morgan fingerprint density at radius 2 is 1.94 bits per heavy atom. The summed E-state index contributed by atoms with van der Waals surface area (Å²) in [6.45, 7) is -0.311. The van der Waals surface area contributed by atoms with Gasteiger partial charge in [0.2, 0.25) is 0 Å². The van der Waals surface area contributed by atoms with Crippen LogP contribution >= 0.6 is 0 Å². The van der Waals surface area contributed by atoms with Gasteiger partial charge in [-0.25, -0.2) is 0 Å². The Balaban J connectivity index is 1.65. The molecule has 7 nitrogen and oxygen atoms in total. The zero-order valence-corrected chi connectivity index (χ0v) is 18.0. The van der Waals surface area contributed by atoms with Gasteiger partial charge >= 0.3 is 12.1 Å². The maximum atomic E-state index is 13.0. The van der Waals surface area contributed by atoms with Crippen LogP contribution in [0.4, 0.5) is 18.9 Å². The lowest BCUT2D eigenvalue weighted by molar-refractivity contribution is -0.138. The summed E-state index contributed by atoms with van der Waals surface area (Å²) in [5.41, 5.74) is 1.79. The van der Waals surface area contributed by atoms with Crippen LogP contribution < -0.4 is 4.31 Å². The van der Waals surface area contributed by atoms with Crippen molar-refractivity contribution in [1.29, 1.82) is 0 Å². The van der Waals surface area contributed by atoms with Crippen LogP contribution in [0.3, 0.4) is 0 Å². The zero-order valence-electron chi connectivity index (χ0n) is 17.2. The van der Waals surface area contributed by atoms with E-state index in [2.05, 4.69) is 5.10 Å². The average molecular weight is 478 g/mol. The number of carbonyl (C=O) groups is 1. The summed E-state index contributed by atoms with van der Waals surface area (Å²) in [5, 5.41) is 13.2. The highest BCUT2D eigenvalue weighted by atomic mass is 32.2. The lowest BCUT2D eigenvalue weighted by atomic mass is 9.92. The number of nitrogens with zero attached hydrogens (tertiary/aromatic N) is 3. The first kappa shape index (κ1) is 23.0. The standard InChI is InChI=1S/C22H20F3N3O4S/c23-22(24,25)16-4-1-3-15(11-16)14-7-9-17(10-8-14)28(33(31)32)20-6-2-5-19-18(20)12-26-27(19)13-21(29)30/h1,3-4,7-12,20H,2,5-6,13H2,(H,29,30)(H,31,32)/p-1. The number of hydrogen-bond donors (Lipinski definition) is 1. The molecule has 0 bridgehead atoms. The molecule has 1 aliphatic rings. The molecule has 1 N–H and O–H groups in total. The number of benzene rings is 2. The molecule has 0 radical (unpaired) electrons. The summed E-state index contributed by atoms with van der Waals surface area (Å²) in [6.07, 6.45) is -1.20. The molecule has 1 heterocycles. The molecule has 4 rings (SSSR count). The molecule has 0 aliphatic heterocycles. The van der Waals surface area contributed by atoms with Crippen molar-refractivity contribution in [3.8, 4) is 11.1 Å². The third-order valence-corrected chi connectivity index (χ3v) is 6.39. The van der Waals surface area contributed by atoms with Crippen molar-refractivity contribution in [3.63, 3.8) is 0 Å². The van der Waals surface area contributed by atoms with Crippen molar-refractivity contribution < 1.29 is 31.8 Å². The molecule has 0 saturated carbocycles. The lowest BCUT2D eigenvalue weighted by Crippen LogP contribution is -2.33. The SMILES string of the molecule is O=C(O)Cn1ncc2c1CCCC2N(c1ccc(-c2cccc(C(F)(F)F)c2)cc1)S(=O)[O-]. The number of fused-ring (bicyclic) bond motifs is 1. The number of carboxylic acid groups (broad SMARTS) is 1. The van der Waals surface area contributed by atoms with E-state index in [1.54, 1.807) is 30.3 Å². The number of rotatable bonds is 6. The summed E-state index contributed by atoms with van der Waals surface area (Å²) in [5.74, 6) is -1.04. The topological polar surface area (TPSA) is 98.5 Å². The minimum Gasteiger partial charge on any atom is -0.755 e. The number of alkyl halides is 3. The van der Waals surface area contributed by atoms with Crippen LogP contribution in [0.15, 0.2) is 54.7 Å². The van der Waals surface area contributed by atoms with Gasteiger partial charge < -0.3 is 9.66 Å². The van der Waals surface area contributed by atoms with E-state index in [-0.39, 0.29) is 6.54 Å². The van der Waals surface area contributed by atoms with Gasteiger partial charge in [0.05, 0.1) is 17.8 Å². The van der Waals surface area contributed by atoms with Gasteiger partial charge in [0, 0.05) is 28.2 Å². The number of anilines is 1. The Morgan fingerprint density at radius 1 is 1.21 bits per heavy atom. The van der Waals surface area contributed by atoms with Crippen molar-refractivity contribution in [1.82, 2.24) is 9.78 Å². The number of aromatic nitrogens is 2. The molecular formula is C22H19F3N3O4S-. The van der Waals surface area contributed by atoms with E-state index in [1.165, 1.54) is 21.3 Å². The summed E-state index contributed by atoms with van der Waals surface area (Å²) >= 11 is -2.65. The molecule has 2 unspecified atom stereocenters. The van der Waals surface area contributed by atoms with Crippen LogP contribution in [0, 0.1) is 0 Å². The van der Waals surface area contributed by atoms with Crippen LogP contribution in [-0.2, 0) is 35.2 Å². The first-order valence-corrected chi connectivity index (χ1v) is 11.1. The van der Waals surface area contributed by atoms with E-state index in [0.29, 0.717) is 47.3 Å². The summed E-state index contributed by atoms with van der Waals surface area (Å²) in [4.78, 5) is 11.1. The molecule has 0 fully saturated rings. The molecule has 11 heteroatoms. The highest BCUT2D eigenvalue weighted by Gasteiger charge is 2.31. The first-order chi connectivity index (χ1) is 15.6. The fourth-order valence-electron chi connectivity index (χ4n) is 4.15. The normalized spacial score (nSPS) is 16.8. The predicted molar refractivity (Wildman–Crippen MR) is 114 cm³/mol. The quantitative estimate of drug-likeness (QED) is 0.532.